The number of ether oxygens (including phenoxy) is 4. The van der Waals surface area contributed by atoms with Gasteiger partial charge in [0.1, 0.15) is 6.61 Å². The van der Waals surface area contributed by atoms with Crippen molar-refractivity contribution in [1.82, 2.24) is 15.6 Å². The predicted octanol–water partition coefficient (Wildman–Crippen LogP) is 1.70. The third-order valence-electron chi connectivity index (χ3n) is 3.94. The van der Waals surface area contributed by atoms with Gasteiger partial charge in [-0.3, -0.25) is 4.99 Å². The maximum Gasteiger partial charge on any atom is 0.231 e. The number of pyridine rings is 1. The number of fused-ring (bicyclic) bond motifs is 1. The lowest BCUT2D eigenvalue weighted by Gasteiger charge is -2.14. The minimum Gasteiger partial charge on any atom is -0.475 e. The summed E-state index contributed by atoms with van der Waals surface area (Å²) in [6.45, 7) is 2.40. The highest BCUT2D eigenvalue weighted by atomic mass is 16.7. The first-order valence-corrected chi connectivity index (χ1v) is 8.69. The van der Waals surface area contributed by atoms with Crippen LogP contribution < -0.4 is 24.8 Å². The van der Waals surface area contributed by atoms with E-state index in [0.29, 0.717) is 38.1 Å². The number of aliphatic imine (C=N–C) groups is 1. The molecule has 8 heteroatoms. The molecule has 0 aliphatic carbocycles. The molecule has 1 aromatic carbocycles. The van der Waals surface area contributed by atoms with Crippen molar-refractivity contribution in [3.8, 4) is 17.4 Å². The second-order valence-corrected chi connectivity index (χ2v) is 5.78. The fourth-order valence-electron chi connectivity index (χ4n) is 2.55. The number of benzene rings is 1. The van der Waals surface area contributed by atoms with E-state index in [1.807, 2.05) is 30.3 Å². The Morgan fingerprint density at radius 1 is 1.15 bits per heavy atom. The van der Waals surface area contributed by atoms with E-state index in [4.69, 9.17) is 18.9 Å². The summed E-state index contributed by atoms with van der Waals surface area (Å²) in [5, 5.41) is 6.55. The van der Waals surface area contributed by atoms with Crippen molar-refractivity contribution in [3.05, 3.63) is 47.7 Å². The van der Waals surface area contributed by atoms with E-state index in [1.54, 1.807) is 20.4 Å². The molecule has 1 aliphatic heterocycles. The van der Waals surface area contributed by atoms with E-state index in [1.165, 1.54) is 0 Å². The molecule has 1 aromatic heterocycles. The number of aromatic nitrogens is 1. The zero-order chi connectivity index (χ0) is 18.9. The molecule has 2 N–H and O–H groups in total. The smallest absolute Gasteiger partial charge is 0.231 e. The number of guanidine groups is 1. The average Bonchev–Trinajstić information content (AvgIpc) is 3.17. The molecule has 0 atom stereocenters. The van der Waals surface area contributed by atoms with E-state index in [-0.39, 0.29) is 6.79 Å². The van der Waals surface area contributed by atoms with Crippen LogP contribution in [0.4, 0.5) is 0 Å². The van der Waals surface area contributed by atoms with Gasteiger partial charge in [-0.25, -0.2) is 4.98 Å². The Morgan fingerprint density at radius 2 is 2.00 bits per heavy atom. The van der Waals surface area contributed by atoms with Crippen molar-refractivity contribution in [3.63, 3.8) is 0 Å². The minimum atomic E-state index is 0.273. The molecule has 144 valence electrons. The maximum absolute atomic E-state index is 5.65. The molecule has 1 aliphatic rings. The summed E-state index contributed by atoms with van der Waals surface area (Å²) in [5.41, 5.74) is 2.02. The van der Waals surface area contributed by atoms with Gasteiger partial charge in [0, 0.05) is 39.0 Å². The van der Waals surface area contributed by atoms with E-state index in [9.17, 15) is 0 Å². The van der Waals surface area contributed by atoms with Crippen molar-refractivity contribution in [2.75, 3.05) is 34.2 Å². The molecule has 0 amide bonds. The van der Waals surface area contributed by atoms with E-state index >= 15 is 0 Å². The highest BCUT2D eigenvalue weighted by molar-refractivity contribution is 5.79. The number of rotatable bonds is 8. The largest absolute Gasteiger partial charge is 0.475 e. The number of nitrogens with zero attached hydrogens (tertiary/aromatic N) is 2. The minimum absolute atomic E-state index is 0.273. The van der Waals surface area contributed by atoms with Crippen LogP contribution in [-0.4, -0.2) is 45.1 Å². The highest BCUT2D eigenvalue weighted by Gasteiger charge is 2.13. The van der Waals surface area contributed by atoms with E-state index < -0.39 is 0 Å². The van der Waals surface area contributed by atoms with Crippen LogP contribution in [0.25, 0.3) is 0 Å². The Bertz CT molecular complexity index is 782. The van der Waals surface area contributed by atoms with Gasteiger partial charge >= 0.3 is 0 Å². The lowest BCUT2D eigenvalue weighted by Crippen LogP contribution is -2.36. The second-order valence-electron chi connectivity index (χ2n) is 5.78. The maximum atomic E-state index is 5.65. The monoisotopic (exact) mass is 372 g/mol. The van der Waals surface area contributed by atoms with Crippen molar-refractivity contribution >= 4 is 5.96 Å². The fraction of sp³-hybridized carbons (Fsp3) is 0.368. The summed E-state index contributed by atoms with van der Waals surface area (Å²) in [5.74, 6) is 2.82. The number of hydrogen-bond donors (Lipinski definition) is 2. The molecule has 0 unspecified atom stereocenters. The normalized spacial score (nSPS) is 12.7. The van der Waals surface area contributed by atoms with Gasteiger partial charge in [0.25, 0.3) is 0 Å². The first-order valence-electron chi connectivity index (χ1n) is 8.69. The third-order valence-corrected chi connectivity index (χ3v) is 3.94. The molecule has 8 nitrogen and oxygen atoms in total. The van der Waals surface area contributed by atoms with Crippen LogP contribution >= 0.6 is 0 Å². The highest BCUT2D eigenvalue weighted by Crippen LogP contribution is 2.32. The molecule has 27 heavy (non-hydrogen) atoms. The van der Waals surface area contributed by atoms with Crippen molar-refractivity contribution in [2.24, 2.45) is 4.99 Å². The summed E-state index contributed by atoms with van der Waals surface area (Å²) in [4.78, 5) is 8.53. The van der Waals surface area contributed by atoms with Gasteiger partial charge in [0.15, 0.2) is 17.5 Å². The molecule has 2 aromatic rings. The Labute approximate surface area is 158 Å². The predicted molar refractivity (Wildman–Crippen MR) is 101 cm³/mol. The first kappa shape index (κ1) is 18.8. The van der Waals surface area contributed by atoms with Crippen LogP contribution in [0, 0.1) is 0 Å². The molecular formula is C19H24N4O4. The lowest BCUT2D eigenvalue weighted by molar-refractivity contribution is 0.143. The fourth-order valence-corrected chi connectivity index (χ4v) is 2.55. The van der Waals surface area contributed by atoms with Crippen LogP contribution in [0.5, 0.6) is 17.4 Å². The third kappa shape index (κ3) is 5.24. The summed E-state index contributed by atoms with van der Waals surface area (Å²) < 4.78 is 21.4. The Hall–Kier alpha value is -3.00. The number of nitrogens with one attached hydrogen (secondary N) is 2. The molecular weight excluding hydrogens is 348 g/mol. The summed E-state index contributed by atoms with van der Waals surface area (Å²) in [6, 6.07) is 9.72. The van der Waals surface area contributed by atoms with Crippen LogP contribution in [0.1, 0.15) is 11.1 Å². The molecule has 0 saturated heterocycles. The summed E-state index contributed by atoms with van der Waals surface area (Å²) in [7, 11) is 3.37. The van der Waals surface area contributed by atoms with E-state index in [0.717, 1.165) is 22.6 Å². The summed E-state index contributed by atoms with van der Waals surface area (Å²) in [6.07, 6.45) is 1.71. The van der Waals surface area contributed by atoms with Gasteiger partial charge in [-0.05, 0) is 23.8 Å². The molecule has 3 rings (SSSR count). The van der Waals surface area contributed by atoms with Crippen molar-refractivity contribution in [2.45, 2.75) is 13.1 Å². The quantitative estimate of drug-likeness (QED) is 0.414. The van der Waals surface area contributed by atoms with Gasteiger partial charge in [-0.2, -0.15) is 0 Å². The van der Waals surface area contributed by atoms with Crippen LogP contribution in [0.15, 0.2) is 41.5 Å². The Balaban J connectivity index is 1.52. The molecule has 2 heterocycles. The number of methoxy groups -OCH3 is 1. The van der Waals surface area contributed by atoms with Gasteiger partial charge in [-0.15, -0.1) is 0 Å². The van der Waals surface area contributed by atoms with Gasteiger partial charge in [0.2, 0.25) is 12.7 Å². The zero-order valence-corrected chi connectivity index (χ0v) is 15.5. The van der Waals surface area contributed by atoms with Gasteiger partial charge in [0.05, 0.1) is 6.61 Å². The van der Waals surface area contributed by atoms with Crippen LogP contribution in [-0.2, 0) is 17.8 Å². The Kier molecular flexibility index (Phi) is 6.70. The number of hydrogen-bond acceptors (Lipinski definition) is 6. The van der Waals surface area contributed by atoms with Crippen molar-refractivity contribution < 1.29 is 18.9 Å². The zero-order valence-electron chi connectivity index (χ0n) is 15.5. The molecule has 0 spiro atoms. The average molecular weight is 372 g/mol. The van der Waals surface area contributed by atoms with E-state index in [2.05, 4.69) is 20.6 Å². The SMILES string of the molecule is CN=C(NCc1ccc2c(c1)OCO2)NCc1cccnc1OCCOC. The molecule has 0 fully saturated rings. The second kappa shape index (κ2) is 9.63. The topological polar surface area (TPSA) is 86.2 Å². The van der Waals surface area contributed by atoms with Gasteiger partial charge < -0.3 is 29.6 Å². The lowest BCUT2D eigenvalue weighted by atomic mass is 10.2. The van der Waals surface area contributed by atoms with Crippen molar-refractivity contribution in [1.29, 1.82) is 0 Å². The summed E-state index contributed by atoms with van der Waals surface area (Å²) >= 11 is 0. The van der Waals surface area contributed by atoms with Gasteiger partial charge in [-0.1, -0.05) is 12.1 Å². The Morgan fingerprint density at radius 3 is 2.85 bits per heavy atom. The van der Waals surface area contributed by atoms with Crippen LogP contribution in [0.2, 0.25) is 0 Å². The standard InChI is InChI=1S/C19H24N4O4/c1-20-19(22-11-14-5-6-16-17(10-14)27-13-26-16)23-12-15-4-3-7-21-18(15)25-9-8-24-2/h3-7,10H,8-9,11-13H2,1-2H3,(H2,20,22,23). The first-order chi connectivity index (χ1) is 13.3. The molecule has 0 saturated carbocycles. The molecule has 0 radical (unpaired) electrons. The molecule has 0 bridgehead atoms. The van der Waals surface area contributed by atoms with Crippen LogP contribution in [0.3, 0.4) is 0 Å².